The van der Waals surface area contributed by atoms with Crippen LogP contribution in [0.2, 0.25) is 0 Å². The topological polar surface area (TPSA) is 76.1 Å². The van der Waals surface area contributed by atoms with Crippen LogP contribution in [0.1, 0.15) is 21.5 Å². The Morgan fingerprint density at radius 2 is 1.95 bits per heavy atom. The zero-order valence-corrected chi connectivity index (χ0v) is 10.8. The van der Waals surface area contributed by atoms with Crippen molar-refractivity contribution in [2.45, 2.75) is 6.61 Å². The number of carbonyl (C=O) groups is 1. The maximum atomic E-state index is 13.2. The highest BCUT2D eigenvalue weighted by atomic mass is 19.1. The molecule has 6 heteroatoms. The van der Waals surface area contributed by atoms with Crippen molar-refractivity contribution in [2.75, 3.05) is 5.73 Å². The van der Waals surface area contributed by atoms with E-state index in [9.17, 15) is 13.6 Å². The van der Waals surface area contributed by atoms with E-state index >= 15 is 0 Å². The summed E-state index contributed by atoms with van der Waals surface area (Å²) >= 11 is 0. The van der Waals surface area contributed by atoms with E-state index in [2.05, 4.69) is 0 Å². The maximum Gasteiger partial charge on any atom is 0.340 e. The first-order valence-corrected chi connectivity index (χ1v) is 5.91. The minimum atomic E-state index is -0.824. The molecule has 0 amide bonds. The quantitative estimate of drug-likeness (QED) is 0.696. The molecule has 2 aromatic carbocycles. The van der Waals surface area contributed by atoms with Crippen molar-refractivity contribution in [1.82, 2.24) is 0 Å². The molecule has 0 spiro atoms. The Labute approximate surface area is 119 Å². The van der Waals surface area contributed by atoms with Gasteiger partial charge in [0, 0.05) is 5.69 Å². The number of esters is 1. The monoisotopic (exact) mass is 288 g/mol. The predicted molar refractivity (Wildman–Crippen MR) is 71.0 cm³/mol. The van der Waals surface area contributed by atoms with Crippen molar-refractivity contribution in [1.29, 1.82) is 5.26 Å². The van der Waals surface area contributed by atoms with E-state index in [-0.39, 0.29) is 23.4 Å². The first kappa shape index (κ1) is 14.5. The molecule has 0 saturated heterocycles. The third-order valence-corrected chi connectivity index (χ3v) is 2.69. The summed E-state index contributed by atoms with van der Waals surface area (Å²) in [5, 5.41) is 8.73. The van der Waals surface area contributed by atoms with E-state index in [0.717, 1.165) is 24.3 Å². The fourth-order valence-electron chi connectivity index (χ4n) is 1.73. The fourth-order valence-corrected chi connectivity index (χ4v) is 1.73. The second kappa shape index (κ2) is 6.01. The molecule has 0 aromatic heterocycles. The van der Waals surface area contributed by atoms with E-state index in [4.69, 9.17) is 15.7 Å². The number of hydrogen-bond acceptors (Lipinski definition) is 4. The first-order chi connectivity index (χ1) is 9.99. The molecular weight excluding hydrogens is 278 g/mol. The Kier molecular flexibility index (Phi) is 4.14. The summed E-state index contributed by atoms with van der Waals surface area (Å²) in [4.78, 5) is 11.8. The first-order valence-electron chi connectivity index (χ1n) is 5.91. The van der Waals surface area contributed by atoms with Crippen molar-refractivity contribution < 1.29 is 18.3 Å². The van der Waals surface area contributed by atoms with Crippen LogP contribution in [0.25, 0.3) is 0 Å². The van der Waals surface area contributed by atoms with Gasteiger partial charge in [-0.25, -0.2) is 13.6 Å². The number of carbonyl (C=O) groups excluding carboxylic acids is 1. The molecule has 0 unspecified atom stereocenters. The summed E-state index contributed by atoms with van der Waals surface area (Å²) in [5.74, 6) is -2.05. The summed E-state index contributed by atoms with van der Waals surface area (Å²) in [7, 11) is 0. The average Bonchev–Trinajstić information content (AvgIpc) is 2.46. The normalized spacial score (nSPS) is 9.95. The van der Waals surface area contributed by atoms with Crippen LogP contribution in [0.3, 0.4) is 0 Å². The highest BCUT2D eigenvalue weighted by Gasteiger charge is 2.13. The summed E-state index contributed by atoms with van der Waals surface area (Å²) < 4.78 is 31.2. The van der Waals surface area contributed by atoms with Gasteiger partial charge in [-0.1, -0.05) is 0 Å². The van der Waals surface area contributed by atoms with E-state index in [1.807, 2.05) is 0 Å². The number of ether oxygens (including phenoxy) is 1. The lowest BCUT2D eigenvalue weighted by molar-refractivity contribution is 0.0473. The number of anilines is 1. The van der Waals surface area contributed by atoms with Crippen molar-refractivity contribution in [3.8, 4) is 6.07 Å². The molecule has 0 aliphatic carbocycles. The molecule has 0 heterocycles. The summed E-state index contributed by atoms with van der Waals surface area (Å²) in [6, 6.07) is 8.73. The molecule has 2 aromatic rings. The van der Waals surface area contributed by atoms with Crippen molar-refractivity contribution in [3.63, 3.8) is 0 Å². The van der Waals surface area contributed by atoms with E-state index in [0.29, 0.717) is 5.56 Å². The zero-order valence-electron chi connectivity index (χ0n) is 10.8. The second-order valence-electron chi connectivity index (χ2n) is 4.27. The summed E-state index contributed by atoms with van der Waals surface area (Å²) in [6.45, 7) is -0.249. The van der Waals surface area contributed by atoms with E-state index < -0.39 is 17.6 Å². The van der Waals surface area contributed by atoms with Crippen LogP contribution in [0.15, 0.2) is 36.4 Å². The van der Waals surface area contributed by atoms with Crippen LogP contribution < -0.4 is 5.73 Å². The van der Waals surface area contributed by atoms with Gasteiger partial charge in [0.2, 0.25) is 0 Å². The highest BCUT2D eigenvalue weighted by Crippen LogP contribution is 2.16. The standard InChI is InChI=1S/C15H10F2N2O2/c16-11-1-2-14(19)13(6-11)15(20)21-8-10-3-9(7-18)4-12(17)5-10/h1-6H,8,19H2. The lowest BCUT2D eigenvalue weighted by Gasteiger charge is -2.07. The van der Waals surface area contributed by atoms with Crippen LogP contribution in [0.5, 0.6) is 0 Å². The summed E-state index contributed by atoms with van der Waals surface area (Å²) in [5.41, 5.74) is 5.97. The fraction of sp³-hybridized carbons (Fsp3) is 0.0667. The third-order valence-electron chi connectivity index (χ3n) is 2.69. The molecule has 0 radical (unpaired) electrons. The largest absolute Gasteiger partial charge is 0.457 e. The SMILES string of the molecule is N#Cc1cc(F)cc(COC(=O)c2cc(F)ccc2N)c1. The van der Waals surface area contributed by atoms with Gasteiger partial charge in [-0.2, -0.15) is 5.26 Å². The number of nitriles is 1. The molecule has 0 bridgehead atoms. The van der Waals surface area contributed by atoms with E-state index in [1.165, 1.54) is 12.1 Å². The van der Waals surface area contributed by atoms with Gasteiger partial charge in [0.05, 0.1) is 17.2 Å². The van der Waals surface area contributed by atoms with Crippen LogP contribution >= 0.6 is 0 Å². The Bertz CT molecular complexity index is 739. The molecule has 4 nitrogen and oxygen atoms in total. The molecule has 2 rings (SSSR count). The maximum absolute atomic E-state index is 13.2. The number of hydrogen-bond donors (Lipinski definition) is 1. The molecule has 0 saturated carbocycles. The Hall–Kier alpha value is -2.94. The lowest BCUT2D eigenvalue weighted by atomic mass is 10.1. The van der Waals surface area contributed by atoms with Gasteiger partial charge >= 0.3 is 5.97 Å². The lowest BCUT2D eigenvalue weighted by Crippen LogP contribution is -2.09. The third kappa shape index (κ3) is 3.54. The Morgan fingerprint density at radius 1 is 1.19 bits per heavy atom. The van der Waals surface area contributed by atoms with Crippen LogP contribution in [0, 0.1) is 23.0 Å². The van der Waals surface area contributed by atoms with Crippen LogP contribution in [-0.4, -0.2) is 5.97 Å². The number of nitrogens with two attached hydrogens (primary N) is 1. The smallest absolute Gasteiger partial charge is 0.340 e. The zero-order chi connectivity index (χ0) is 15.4. The molecular formula is C15H10F2N2O2. The molecule has 0 atom stereocenters. The van der Waals surface area contributed by atoms with Gasteiger partial charge in [-0.05, 0) is 42.0 Å². The highest BCUT2D eigenvalue weighted by molar-refractivity contribution is 5.95. The molecule has 106 valence electrons. The predicted octanol–water partition coefficient (Wildman–Crippen LogP) is 2.78. The minimum Gasteiger partial charge on any atom is -0.457 e. The second-order valence-corrected chi connectivity index (χ2v) is 4.27. The molecule has 0 aliphatic heterocycles. The van der Waals surface area contributed by atoms with Gasteiger partial charge in [0.1, 0.15) is 18.2 Å². The van der Waals surface area contributed by atoms with Crippen molar-refractivity contribution in [3.05, 3.63) is 64.7 Å². The van der Waals surface area contributed by atoms with Gasteiger partial charge in [-0.15, -0.1) is 0 Å². The number of halogens is 2. The van der Waals surface area contributed by atoms with Gasteiger partial charge in [-0.3, -0.25) is 0 Å². The Balaban J connectivity index is 2.13. The van der Waals surface area contributed by atoms with Crippen molar-refractivity contribution >= 4 is 11.7 Å². The molecule has 21 heavy (non-hydrogen) atoms. The molecule has 0 aliphatic rings. The number of rotatable bonds is 3. The minimum absolute atomic E-state index is 0.0818. The van der Waals surface area contributed by atoms with E-state index in [1.54, 1.807) is 6.07 Å². The number of nitrogens with zero attached hydrogens (tertiary/aromatic N) is 1. The van der Waals surface area contributed by atoms with Crippen LogP contribution in [0.4, 0.5) is 14.5 Å². The number of nitrogen functional groups attached to an aromatic ring is 1. The Morgan fingerprint density at radius 3 is 2.67 bits per heavy atom. The molecule has 2 N–H and O–H groups in total. The van der Waals surface area contributed by atoms with Crippen molar-refractivity contribution in [2.24, 2.45) is 0 Å². The van der Waals surface area contributed by atoms with Gasteiger partial charge in [0.25, 0.3) is 0 Å². The average molecular weight is 288 g/mol. The van der Waals surface area contributed by atoms with Gasteiger partial charge < -0.3 is 10.5 Å². The molecule has 0 fully saturated rings. The number of benzene rings is 2. The van der Waals surface area contributed by atoms with Gasteiger partial charge in [0.15, 0.2) is 0 Å². The van der Waals surface area contributed by atoms with Crippen LogP contribution in [-0.2, 0) is 11.3 Å². The summed E-state index contributed by atoms with van der Waals surface area (Å²) in [6.07, 6.45) is 0.